The molecule has 2 aromatic rings. The lowest BCUT2D eigenvalue weighted by Crippen LogP contribution is -2.19. The first-order chi connectivity index (χ1) is 13.6. The third kappa shape index (κ3) is 4.89. The van der Waals surface area contributed by atoms with Crippen molar-refractivity contribution in [2.45, 2.75) is 0 Å². The Balaban J connectivity index is 1.70. The van der Waals surface area contributed by atoms with E-state index < -0.39 is 5.97 Å². The molecule has 0 atom stereocenters. The van der Waals surface area contributed by atoms with Crippen molar-refractivity contribution in [1.29, 1.82) is 0 Å². The van der Waals surface area contributed by atoms with Gasteiger partial charge >= 0.3 is 5.97 Å². The van der Waals surface area contributed by atoms with Crippen LogP contribution in [0.15, 0.2) is 52.7 Å². The third-order valence-corrected chi connectivity index (χ3v) is 4.52. The number of rotatable bonds is 6. The molecule has 1 aliphatic heterocycles. The van der Waals surface area contributed by atoms with Gasteiger partial charge in [-0.2, -0.15) is 5.10 Å². The lowest BCUT2D eigenvalue weighted by atomic mass is 10.2. The summed E-state index contributed by atoms with van der Waals surface area (Å²) in [5, 5.41) is 10.9. The van der Waals surface area contributed by atoms with Crippen molar-refractivity contribution >= 4 is 35.0 Å². The van der Waals surface area contributed by atoms with E-state index in [-0.39, 0.29) is 11.7 Å². The van der Waals surface area contributed by atoms with Crippen LogP contribution in [-0.2, 0) is 4.79 Å². The average Bonchev–Trinajstić information content (AvgIpc) is 3.14. The van der Waals surface area contributed by atoms with E-state index in [0.29, 0.717) is 33.5 Å². The molecule has 0 aromatic heterocycles. The summed E-state index contributed by atoms with van der Waals surface area (Å²) in [6.45, 7) is 0. The smallest absolute Gasteiger partial charge is 0.343 e. The summed E-state index contributed by atoms with van der Waals surface area (Å²) in [6, 6.07) is 11.6. The SMILES string of the molecule is COc1ccc(C(=O)Oc2ccc(/C=N\N=C3/NC(=O)CS3)cc2OC)cc1. The highest BCUT2D eigenvalue weighted by molar-refractivity contribution is 8.15. The van der Waals surface area contributed by atoms with Crippen LogP contribution in [-0.4, -0.2) is 43.2 Å². The van der Waals surface area contributed by atoms with E-state index in [2.05, 4.69) is 15.5 Å². The Morgan fingerprint density at radius 1 is 1.11 bits per heavy atom. The standard InChI is InChI=1S/C19H17N3O5S/c1-25-14-6-4-13(5-7-14)18(24)27-15-8-3-12(9-16(15)26-2)10-20-22-19-21-17(23)11-28-19/h3-10H,11H2,1-2H3,(H,21,22,23)/b20-10-. The van der Waals surface area contributed by atoms with Crippen molar-refractivity contribution in [3.63, 3.8) is 0 Å². The van der Waals surface area contributed by atoms with Crippen molar-refractivity contribution in [1.82, 2.24) is 5.32 Å². The minimum Gasteiger partial charge on any atom is -0.497 e. The summed E-state index contributed by atoms with van der Waals surface area (Å²) >= 11 is 1.29. The Bertz CT molecular complexity index is 941. The minimum atomic E-state index is -0.511. The molecule has 28 heavy (non-hydrogen) atoms. The molecule has 3 rings (SSSR count). The second-order valence-corrected chi connectivity index (χ2v) is 6.48. The number of hydrogen-bond acceptors (Lipinski definition) is 8. The fourth-order valence-corrected chi connectivity index (χ4v) is 2.89. The fourth-order valence-electron chi connectivity index (χ4n) is 2.26. The number of carbonyl (C=O) groups excluding carboxylic acids is 2. The van der Waals surface area contributed by atoms with E-state index in [1.165, 1.54) is 25.1 Å². The van der Waals surface area contributed by atoms with Gasteiger partial charge in [0.05, 0.1) is 31.8 Å². The molecule has 1 aliphatic rings. The van der Waals surface area contributed by atoms with Gasteiger partial charge in [0.1, 0.15) is 5.75 Å². The number of amidine groups is 1. The van der Waals surface area contributed by atoms with Crippen LogP contribution in [0.2, 0.25) is 0 Å². The number of nitrogens with zero attached hydrogens (tertiary/aromatic N) is 2. The Labute approximate surface area is 165 Å². The molecule has 1 heterocycles. The van der Waals surface area contributed by atoms with Crippen LogP contribution >= 0.6 is 11.8 Å². The van der Waals surface area contributed by atoms with Crippen LogP contribution in [0, 0.1) is 0 Å². The van der Waals surface area contributed by atoms with Gasteiger partial charge in [0.2, 0.25) is 5.91 Å². The Hall–Kier alpha value is -3.33. The predicted octanol–water partition coefficient (Wildman–Crippen LogP) is 2.48. The van der Waals surface area contributed by atoms with Crippen LogP contribution in [0.3, 0.4) is 0 Å². The minimum absolute atomic E-state index is 0.0938. The number of nitrogens with one attached hydrogen (secondary N) is 1. The number of amides is 1. The van der Waals surface area contributed by atoms with Gasteiger partial charge in [-0.3, -0.25) is 4.79 Å². The summed E-state index contributed by atoms with van der Waals surface area (Å²) in [4.78, 5) is 23.4. The first-order valence-electron chi connectivity index (χ1n) is 8.17. The van der Waals surface area contributed by atoms with E-state index in [9.17, 15) is 9.59 Å². The largest absolute Gasteiger partial charge is 0.497 e. The lowest BCUT2D eigenvalue weighted by Gasteiger charge is -2.10. The van der Waals surface area contributed by atoms with Crippen LogP contribution in [0.1, 0.15) is 15.9 Å². The highest BCUT2D eigenvalue weighted by atomic mass is 32.2. The van der Waals surface area contributed by atoms with Crippen molar-refractivity contribution < 1.29 is 23.8 Å². The van der Waals surface area contributed by atoms with Gasteiger partial charge in [0, 0.05) is 0 Å². The maximum Gasteiger partial charge on any atom is 0.343 e. The van der Waals surface area contributed by atoms with E-state index in [1.807, 2.05) is 0 Å². The molecule has 0 saturated carbocycles. The van der Waals surface area contributed by atoms with E-state index >= 15 is 0 Å². The summed E-state index contributed by atoms with van der Waals surface area (Å²) in [5.41, 5.74) is 1.08. The predicted molar refractivity (Wildman–Crippen MR) is 107 cm³/mol. The van der Waals surface area contributed by atoms with Gasteiger partial charge in [-0.05, 0) is 48.0 Å². The van der Waals surface area contributed by atoms with Crippen molar-refractivity contribution in [2.75, 3.05) is 20.0 Å². The number of benzene rings is 2. The molecule has 144 valence electrons. The molecular weight excluding hydrogens is 382 g/mol. The Morgan fingerprint density at radius 3 is 2.54 bits per heavy atom. The van der Waals surface area contributed by atoms with Crippen LogP contribution in [0.25, 0.3) is 0 Å². The summed E-state index contributed by atoms with van der Waals surface area (Å²) in [6.07, 6.45) is 1.51. The van der Waals surface area contributed by atoms with Crippen molar-refractivity contribution in [3.8, 4) is 17.2 Å². The van der Waals surface area contributed by atoms with Gasteiger partial charge in [-0.25, -0.2) is 4.79 Å². The summed E-state index contributed by atoms with van der Waals surface area (Å²) in [5.74, 6) is 1.05. The highest BCUT2D eigenvalue weighted by Gasteiger charge is 2.16. The molecule has 0 aliphatic carbocycles. The van der Waals surface area contributed by atoms with Crippen LogP contribution in [0.4, 0.5) is 0 Å². The summed E-state index contributed by atoms with van der Waals surface area (Å²) in [7, 11) is 3.03. The summed E-state index contributed by atoms with van der Waals surface area (Å²) < 4.78 is 15.8. The van der Waals surface area contributed by atoms with Gasteiger partial charge in [0.15, 0.2) is 16.7 Å². The van der Waals surface area contributed by atoms with E-state index in [1.54, 1.807) is 49.6 Å². The fraction of sp³-hybridized carbons (Fsp3) is 0.158. The van der Waals surface area contributed by atoms with E-state index in [4.69, 9.17) is 14.2 Å². The number of esters is 1. The third-order valence-electron chi connectivity index (χ3n) is 3.66. The molecule has 9 heteroatoms. The second kappa shape index (κ2) is 9.05. The molecule has 0 unspecified atom stereocenters. The zero-order valence-electron chi connectivity index (χ0n) is 15.2. The van der Waals surface area contributed by atoms with Gasteiger partial charge in [-0.15, -0.1) is 5.10 Å². The number of thioether (sulfide) groups is 1. The van der Waals surface area contributed by atoms with Crippen LogP contribution in [0.5, 0.6) is 17.2 Å². The maximum atomic E-state index is 12.3. The lowest BCUT2D eigenvalue weighted by molar-refractivity contribution is -0.116. The first-order valence-corrected chi connectivity index (χ1v) is 9.15. The number of carbonyl (C=O) groups is 2. The quantitative estimate of drug-likeness (QED) is 0.347. The number of methoxy groups -OCH3 is 2. The van der Waals surface area contributed by atoms with Crippen molar-refractivity contribution in [3.05, 3.63) is 53.6 Å². The molecule has 0 spiro atoms. The van der Waals surface area contributed by atoms with Gasteiger partial charge in [-0.1, -0.05) is 11.8 Å². The molecule has 0 radical (unpaired) electrons. The molecule has 0 bridgehead atoms. The molecular formula is C19H17N3O5S. The topological polar surface area (TPSA) is 98.6 Å². The molecule has 2 aromatic carbocycles. The average molecular weight is 399 g/mol. The van der Waals surface area contributed by atoms with E-state index in [0.717, 1.165) is 0 Å². The number of ether oxygens (including phenoxy) is 3. The zero-order chi connectivity index (χ0) is 19.9. The zero-order valence-corrected chi connectivity index (χ0v) is 16.0. The highest BCUT2D eigenvalue weighted by Crippen LogP contribution is 2.28. The first kappa shape index (κ1) is 19.4. The Morgan fingerprint density at radius 2 is 1.89 bits per heavy atom. The monoisotopic (exact) mass is 399 g/mol. The molecule has 8 nitrogen and oxygen atoms in total. The molecule has 1 N–H and O–H groups in total. The van der Waals surface area contributed by atoms with Gasteiger partial charge < -0.3 is 19.5 Å². The maximum absolute atomic E-state index is 12.3. The second-order valence-electron chi connectivity index (χ2n) is 5.51. The van der Waals surface area contributed by atoms with Crippen molar-refractivity contribution in [2.24, 2.45) is 10.2 Å². The number of hydrogen-bond donors (Lipinski definition) is 1. The molecule has 1 fully saturated rings. The van der Waals surface area contributed by atoms with Gasteiger partial charge in [0.25, 0.3) is 0 Å². The molecule has 1 saturated heterocycles. The Kier molecular flexibility index (Phi) is 6.28. The molecule has 1 amide bonds. The normalized spacial score (nSPS) is 14.9. The van der Waals surface area contributed by atoms with Crippen LogP contribution < -0.4 is 19.5 Å².